The van der Waals surface area contributed by atoms with Crippen molar-refractivity contribution < 1.29 is 4.55 Å². The molecule has 0 aliphatic heterocycles. The monoisotopic (exact) mass is 162 g/mol. The van der Waals surface area contributed by atoms with Gasteiger partial charge in [-0.05, 0) is 0 Å². The molecule has 0 saturated carbocycles. The zero-order valence-corrected chi connectivity index (χ0v) is 8.37. The Morgan fingerprint density at radius 3 is 1.30 bits per heavy atom. The van der Waals surface area contributed by atoms with Crippen molar-refractivity contribution in [3.63, 3.8) is 0 Å². The molecule has 0 aliphatic rings. The minimum absolute atomic E-state index is 0.361. The SMILES string of the molecule is CC(C)C(C(C)C)[S@@+](C)[O-]. The second-order valence-electron chi connectivity index (χ2n) is 3.45. The van der Waals surface area contributed by atoms with Crippen molar-refractivity contribution in [2.75, 3.05) is 6.26 Å². The summed E-state index contributed by atoms with van der Waals surface area (Å²) in [5.41, 5.74) is 0. The molecule has 0 unspecified atom stereocenters. The molecular weight excluding hydrogens is 144 g/mol. The molecule has 0 spiro atoms. The van der Waals surface area contributed by atoms with Crippen LogP contribution in [0.25, 0.3) is 0 Å². The second-order valence-corrected chi connectivity index (χ2v) is 4.99. The summed E-state index contributed by atoms with van der Waals surface area (Å²) in [7, 11) is 0. The standard InChI is InChI=1S/C8H18OS/c1-6(2)8(7(3)4)10(5)9/h6-8H,1-5H3/t10-/m1/s1. The molecule has 0 rings (SSSR count). The fourth-order valence-corrected chi connectivity index (χ4v) is 3.07. The lowest BCUT2D eigenvalue weighted by Crippen LogP contribution is -2.30. The maximum atomic E-state index is 11.1. The molecule has 0 amide bonds. The molecule has 62 valence electrons. The molecule has 0 radical (unpaired) electrons. The average Bonchev–Trinajstić information content (AvgIpc) is 1.59. The first-order valence-corrected chi connectivity index (χ1v) is 5.41. The van der Waals surface area contributed by atoms with Gasteiger partial charge in [0.25, 0.3) is 0 Å². The molecule has 0 aromatic rings. The van der Waals surface area contributed by atoms with Crippen LogP contribution in [0.5, 0.6) is 0 Å². The fraction of sp³-hybridized carbons (Fsp3) is 1.00. The predicted octanol–water partition coefficient (Wildman–Crippen LogP) is 2.05. The predicted molar refractivity (Wildman–Crippen MR) is 47.5 cm³/mol. The van der Waals surface area contributed by atoms with Crippen LogP contribution in [0.15, 0.2) is 0 Å². The van der Waals surface area contributed by atoms with Gasteiger partial charge >= 0.3 is 0 Å². The van der Waals surface area contributed by atoms with E-state index in [4.69, 9.17) is 0 Å². The second kappa shape index (κ2) is 4.24. The first-order chi connectivity index (χ1) is 4.46. The lowest BCUT2D eigenvalue weighted by Gasteiger charge is -2.25. The molecular formula is C8H18OS. The van der Waals surface area contributed by atoms with Gasteiger partial charge in [0.05, 0.1) is 6.26 Å². The molecule has 0 aromatic heterocycles. The van der Waals surface area contributed by atoms with E-state index in [0.717, 1.165) is 0 Å². The number of hydrogen-bond donors (Lipinski definition) is 0. The Hall–Kier alpha value is 0.310. The number of rotatable bonds is 3. The Labute approximate surface area is 67.4 Å². The first kappa shape index (κ1) is 10.3. The van der Waals surface area contributed by atoms with Crippen molar-refractivity contribution in [1.29, 1.82) is 0 Å². The van der Waals surface area contributed by atoms with E-state index in [2.05, 4.69) is 27.7 Å². The highest BCUT2D eigenvalue weighted by molar-refractivity contribution is 7.91. The third kappa shape index (κ3) is 2.93. The summed E-state index contributed by atoms with van der Waals surface area (Å²) in [6, 6.07) is 0. The highest BCUT2D eigenvalue weighted by Gasteiger charge is 2.25. The van der Waals surface area contributed by atoms with Gasteiger partial charge in [0.2, 0.25) is 0 Å². The van der Waals surface area contributed by atoms with Crippen LogP contribution in [0.2, 0.25) is 0 Å². The van der Waals surface area contributed by atoms with Crippen LogP contribution >= 0.6 is 0 Å². The molecule has 10 heavy (non-hydrogen) atoms. The van der Waals surface area contributed by atoms with Crippen LogP contribution in [0.1, 0.15) is 27.7 Å². The van der Waals surface area contributed by atoms with Crippen molar-refractivity contribution in [2.45, 2.75) is 32.9 Å². The van der Waals surface area contributed by atoms with Gasteiger partial charge in [-0.1, -0.05) is 38.9 Å². The van der Waals surface area contributed by atoms with Gasteiger partial charge in [-0.15, -0.1) is 0 Å². The molecule has 0 N–H and O–H groups in total. The molecule has 0 fully saturated rings. The normalized spacial score (nSPS) is 15.3. The molecule has 0 aliphatic carbocycles. The van der Waals surface area contributed by atoms with Gasteiger partial charge in [0, 0.05) is 11.8 Å². The largest absolute Gasteiger partial charge is 0.616 e. The maximum absolute atomic E-state index is 11.1. The maximum Gasteiger partial charge on any atom is 0.119 e. The minimum atomic E-state index is -0.664. The third-order valence-corrected chi connectivity index (χ3v) is 3.55. The smallest absolute Gasteiger partial charge is 0.119 e. The van der Waals surface area contributed by atoms with Gasteiger partial charge in [-0.25, -0.2) is 0 Å². The quantitative estimate of drug-likeness (QED) is 0.582. The van der Waals surface area contributed by atoms with Crippen LogP contribution in [0.4, 0.5) is 0 Å². The third-order valence-electron chi connectivity index (χ3n) is 1.70. The lowest BCUT2D eigenvalue weighted by atomic mass is 10.0. The topological polar surface area (TPSA) is 23.1 Å². The highest BCUT2D eigenvalue weighted by Crippen LogP contribution is 2.19. The van der Waals surface area contributed by atoms with E-state index in [1.807, 2.05) is 0 Å². The van der Waals surface area contributed by atoms with E-state index < -0.39 is 11.2 Å². The Bertz CT molecular complexity index is 70.2. The molecule has 0 heterocycles. The Morgan fingerprint density at radius 2 is 1.30 bits per heavy atom. The van der Waals surface area contributed by atoms with Crippen molar-refractivity contribution in [2.24, 2.45) is 11.8 Å². The van der Waals surface area contributed by atoms with Crippen molar-refractivity contribution in [3.05, 3.63) is 0 Å². The van der Waals surface area contributed by atoms with Crippen LogP contribution < -0.4 is 0 Å². The summed E-state index contributed by atoms with van der Waals surface area (Å²) in [4.78, 5) is 0. The summed E-state index contributed by atoms with van der Waals surface area (Å²) in [5.74, 6) is 1.07. The minimum Gasteiger partial charge on any atom is -0.616 e. The Kier molecular flexibility index (Phi) is 4.37. The summed E-state index contributed by atoms with van der Waals surface area (Å²) in [5, 5.41) is 0.361. The van der Waals surface area contributed by atoms with Gasteiger partial charge in [0.1, 0.15) is 5.25 Å². The number of hydrogen-bond acceptors (Lipinski definition) is 1. The van der Waals surface area contributed by atoms with E-state index in [0.29, 0.717) is 17.1 Å². The molecule has 1 atom stereocenters. The molecule has 0 aromatic carbocycles. The molecule has 2 heteroatoms. The highest BCUT2D eigenvalue weighted by atomic mass is 32.2. The molecule has 1 nitrogen and oxygen atoms in total. The van der Waals surface area contributed by atoms with Gasteiger partial charge in [-0.3, -0.25) is 0 Å². The van der Waals surface area contributed by atoms with E-state index in [9.17, 15) is 4.55 Å². The van der Waals surface area contributed by atoms with Crippen LogP contribution in [-0.4, -0.2) is 16.1 Å². The van der Waals surface area contributed by atoms with E-state index in [-0.39, 0.29) is 0 Å². The Balaban J connectivity index is 3.98. The van der Waals surface area contributed by atoms with Crippen LogP contribution in [0.3, 0.4) is 0 Å². The summed E-state index contributed by atoms with van der Waals surface area (Å²) >= 11 is -0.664. The van der Waals surface area contributed by atoms with Crippen molar-refractivity contribution in [3.8, 4) is 0 Å². The molecule has 0 bridgehead atoms. The van der Waals surface area contributed by atoms with Gasteiger partial charge < -0.3 is 4.55 Å². The van der Waals surface area contributed by atoms with Gasteiger partial charge in [0.15, 0.2) is 0 Å². The van der Waals surface area contributed by atoms with Crippen LogP contribution in [-0.2, 0) is 11.2 Å². The fourth-order valence-electron chi connectivity index (χ4n) is 1.54. The summed E-state index contributed by atoms with van der Waals surface area (Å²) < 4.78 is 11.1. The zero-order valence-electron chi connectivity index (χ0n) is 7.55. The zero-order chi connectivity index (χ0) is 8.31. The summed E-state index contributed by atoms with van der Waals surface area (Å²) in [6.07, 6.45) is 1.80. The van der Waals surface area contributed by atoms with E-state index >= 15 is 0 Å². The van der Waals surface area contributed by atoms with Gasteiger partial charge in [-0.2, -0.15) is 0 Å². The van der Waals surface area contributed by atoms with E-state index in [1.165, 1.54) is 0 Å². The summed E-state index contributed by atoms with van der Waals surface area (Å²) in [6.45, 7) is 8.52. The first-order valence-electron chi connectivity index (χ1n) is 3.79. The Morgan fingerprint density at radius 1 is 1.00 bits per heavy atom. The van der Waals surface area contributed by atoms with Crippen molar-refractivity contribution >= 4 is 11.2 Å². The average molecular weight is 162 g/mol. The van der Waals surface area contributed by atoms with Crippen LogP contribution in [0, 0.1) is 11.8 Å². The van der Waals surface area contributed by atoms with Crippen molar-refractivity contribution in [1.82, 2.24) is 0 Å². The molecule has 0 saturated heterocycles. The lowest BCUT2D eigenvalue weighted by molar-refractivity contribution is 0.453. The van der Waals surface area contributed by atoms with E-state index in [1.54, 1.807) is 6.26 Å².